The summed E-state index contributed by atoms with van der Waals surface area (Å²) in [7, 11) is 3.33. The molecule has 2 amide bonds. The van der Waals surface area contributed by atoms with E-state index in [1.54, 1.807) is 32.3 Å². The van der Waals surface area contributed by atoms with E-state index in [1.165, 1.54) is 17.7 Å². The molecule has 1 aromatic rings. The number of nitrogens with one attached hydrogen (secondary N) is 2. The Morgan fingerprint density at radius 2 is 2.05 bits per heavy atom. The number of nitrogens with zero attached hydrogens (tertiary/aromatic N) is 1. The Hall–Kier alpha value is -1.59. The summed E-state index contributed by atoms with van der Waals surface area (Å²) in [4.78, 5) is 25.5. The van der Waals surface area contributed by atoms with Crippen LogP contribution in [0.4, 0.5) is 5.69 Å². The van der Waals surface area contributed by atoms with Gasteiger partial charge in [-0.25, -0.2) is 0 Å². The van der Waals surface area contributed by atoms with Crippen LogP contribution in [0, 0.1) is 5.92 Å². The first-order valence-corrected chi connectivity index (χ1v) is 7.37. The summed E-state index contributed by atoms with van der Waals surface area (Å²) >= 11 is 5.95. The number of carbonyl (C=O) groups is 2. The molecular weight excluding hydrogens is 290 g/mol. The van der Waals surface area contributed by atoms with Gasteiger partial charge in [-0.05, 0) is 43.5 Å². The fourth-order valence-corrected chi connectivity index (χ4v) is 2.13. The fourth-order valence-electron chi connectivity index (χ4n) is 1.95. The first-order valence-electron chi connectivity index (χ1n) is 6.99. The molecule has 0 unspecified atom stereocenters. The van der Waals surface area contributed by atoms with Crippen molar-refractivity contribution in [3.8, 4) is 0 Å². The molecule has 21 heavy (non-hydrogen) atoms. The van der Waals surface area contributed by atoms with Gasteiger partial charge in [0.15, 0.2) is 0 Å². The van der Waals surface area contributed by atoms with Crippen LogP contribution in [0.15, 0.2) is 18.2 Å². The molecule has 2 rings (SSSR count). The molecule has 1 aromatic carbocycles. The minimum Gasteiger partial charge on any atom is -0.345 e. The van der Waals surface area contributed by atoms with Gasteiger partial charge in [0.05, 0.1) is 17.8 Å². The molecular formula is C15H20ClN3O2. The zero-order chi connectivity index (χ0) is 15.4. The molecule has 1 aliphatic rings. The zero-order valence-electron chi connectivity index (χ0n) is 12.3. The van der Waals surface area contributed by atoms with Crippen molar-refractivity contribution in [1.29, 1.82) is 0 Å². The molecule has 0 heterocycles. The van der Waals surface area contributed by atoms with Gasteiger partial charge in [0, 0.05) is 19.1 Å². The van der Waals surface area contributed by atoms with Crippen molar-refractivity contribution >= 4 is 29.1 Å². The van der Waals surface area contributed by atoms with E-state index in [4.69, 9.17) is 11.6 Å². The van der Waals surface area contributed by atoms with Crippen LogP contribution in [-0.4, -0.2) is 43.9 Å². The van der Waals surface area contributed by atoms with Crippen LogP contribution < -0.4 is 10.6 Å². The van der Waals surface area contributed by atoms with Crippen LogP contribution in [0.25, 0.3) is 0 Å². The Balaban J connectivity index is 2.00. The van der Waals surface area contributed by atoms with Crippen LogP contribution in [0.2, 0.25) is 5.02 Å². The molecule has 114 valence electrons. The normalized spacial score (nSPS) is 13.9. The van der Waals surface area contributed by atoms with Gasteiger partial charge >= 0.3 is 0 Å². The second-order valence-electron chi connectivity index (χ2n) is 5.51. The highest BCUT2D eigenvalue weighted by atomic mass is 35.5. The Labute approximate surface area is 129 Å². The number of benzene rings is 1. The van der Waals surface area contributed by atoms with E-state index in [1.807, 2.05) is 0 Å². The van der Waals surface area contributed by atoms with Crippen molar-refractivity contribution in [3.05, 3.63) is 28.8 Å². The molecule has 2 N–H and O–H groups in total. The lowest BCUT2D eigenvalue weighted by molar-refractivity contribution is -0.115. The van der Waals surface area contributed by atoms with E-state index >= 15 is 0 Å². The van der Waals surface area contributed by atoms with Crippen LogP contribution >= 0.6 is 11.6 Å². The van der Waals surface area contributed by atoms with Gasteiger partial charge < -0.3 is 15.5 Å². The van der Waals surface area contributed by atoms with E-state index in [0.29, 0.717) is 16.3 Å². The summed E-state index contributed by atoms with van der Waals surface area (Å²) < 4.78 is 0. The minimum absolute atomic E-state index is 0.173. The predicted molar refractivity (Wildman–Crippen MR) is 83.7 cm³/mol. The van der Waals surface area contributed by atoms with Crippen LogP contribution in [0.1, 0.15) is 23.2 Å². The smallest absolute Gasteiger partial charge is 0.255 e. The first kappa shape index (κ1) is 15.8. The van der Waals surface area contributed by atoms with Crippen molar-refractivity contribution in [3.63, 3.8) is 0 Å². The average Bonchev–Trinajstić information content (AvgIpc) is 3.22. The standard InChI is InChI=1S/C15H20ClN3O2/c1-19(2)15(21)12-6-5-11(16)7-13(12)18-14(20)9-17-8-10-3-4-10/h5-7,10,17H,3-4,8-9H2,1-2H3,(H,18,20). The molecule has 0 saturated heterocycles. The van der Waals surface area contributed by atoms with Crippen LogP contribution in [-0.2, 0) is 4.79 Å². The van der Waals surface area contributed by atoms with Gasteiger partial charge in [0.1, 0.15) is 0 Å². The molecule has 0 bridgehead atoms. The van der Waals surface area contributed by atoms with Gasteiger partial charge in [-0.3, -0.25) is 9.59 Å². The first-order chi connectivity index (χ1) is 9.97. The topological polar surface area (TPSA) is 61.4 Å². The monoisotopic (exact) mass is 309 g/mol. The third kappa shape index (κ3) is 4.72. The summed E-state index contributed by atoms with van der Waals surface area (Å²) in [5.41, 5.74) is 0.874. The minimum atomic E-state index is -0.175. The second kappa shape index (κ2) is 6.91. The number of anilines is 1. The van der Waals surface area contributed by atoms with Crippen molar-refractivity contribution in [2.45, 2.75) is 12.8 Å². The average molecular weight is 310 g/mol. The van der Waals surface area contributed by atoms with E-state index in [2.05, 4.69) is 10.6 Å². The zero-order valence-corrected chi connectivity index (χ0v) is 13.0. The maximum Gasteiger partial charge on any atom is 0.255 e. The third-order valence-electron chi connectivity index (χ3n) is 3.31. The summed E-state index contributed by atoms with van der Waals surface area (Å²) in [6.07, 6.45) is 2.48. The van der Waals surface area contributed by atoms with Gasteiger partial charge in [-0.15, -0.1) is 0 Å². The molecule has 1 fully saturated rings. The van der Waals surface area contributed by atoms with E-state index in [0.717, 1.165) is 12.5 Å². The predicted octanol–water partition coefficient (Wildman–Crippen LogP) is 1.98. The molecule has 0 spiro atoms. The highest BCUT2D eigenvalue weighted by Gasteiger charge is 2.21. The van der Waals surface area contributed by atoms with Gasteiger partial charge in [0.25, 0.3) is 5.91 Å². The molecule has 5 nitrogen and oxygen atoms in total. The molecule has 6 heteroatoms. The number of carbonyl (C=O) groups excluding carboxylic acids is 2. The van der Waals surface area contributed by atoms with Crippen LogP contribution in [0.3, 0.4) is 0 Å². The van der Waals surface area contributed by atoms with Gasteiger partial charge in [0.2, 0.25) is 5.91 Å². The number of hydrogen-bond donors (Lipinski definition) is 2. The number of halogens is 1. The summed E-state index contributed by atoms with van der Waals surface area (Å²) in [5.74, 6) is 0.369. The summed E-state index contributed by atoms with van der Waals surface area (Å²) in [5, 5.41) is 6.34. The van der Waals surface area contributed by atoms with Crippen molar-refractivity contribution < 1.29 is 9.59 Å². The number of hydrogen-bond acceptors (Lipinski definition) is 3. The van der Waals surface area contributed by atoms with Crippen LogP contribution in [0.5, 0.6) is 0 Å². The lowest BCUT2D eigenvalue weighted by Crippen LogP contribution is -2.30. The van der Waals surface area contributed by atoms with Crippen molar-refractivity contribution in [2.75, 3.05) is 32.5 Å². The van der Waals surface area contributed by atoms with E-state index < -0.39 is 0 Å². The number of amides is 2. The highest BCUT2D eigenvalue weighted by Crippen LogP contribution is 2.27. The SMILES string of the molecule is CN(C)C(=O)c1ccc(Cl)cc1NC(=O)CNCC1CC1. The molecule has 1 aliphatic carbocycles. The van der Waals surface area contributed by atoms with Crippen molar-refractivity contribution in [2.24, 2.45) is 5.92 Å². The molecule has 1 saturated carbocycles. The molecule has 0 aliphatic heterocycles. The highest BCUT2D eigenvalue weighted by molar-refractivity contribution is 6.31. The fraction of sp³-hybridized carbons (Fsp3) is 0.467. The van der Waals surface area contributed by atoms with E-state index in [9.17, 15) is 9.59 Å². The maximum absolute atomic E-state index is 12.1. The molecule has 0 atom stereocenters. The Kier molecular flexibility index (Phi) is 5.20. The van der Waals surface area contributed by atoms with Gasteiger partial charge in [-0.2, -0.15) is 0 Å². The van der Waals surface area contributed by atoms with E-state index in [-0.39, 0.29) is 18.4 Å². The lowest BCUT2D eigenvalue weighted by Gasteiger charge is -2.15. The Morgan fingerprint density at radius 3 is 2.67 bits per heavy atom. The maximum atomic E-state index is 12.1. The molecule has 0 radical (unpaired) electrons. The second-order valence-corrected chi connectivity index (χ2v) is 5.95. The Bertz CT molecular complexity index is 542. The third-order valence-corrected chi connectivity index (χ3v) is 3.54. The number of rotatable bonds is 6. The molecule has 0 aromatic heterocycles. The quantitative estimate of drug-likeness (QED) is 0.844. The van der Waals surface area contributed by atoms with Crippen molar-refractivity contribution in [1.82, 2.24) is 10.2 Å². The summed E-state index contributed by atoms with van der Waals surface area (Å²) in [6, 6.07) is 4.86. The Morgan fingerprint density at radius 1 is 1.33 bits per heavy atom. The summed E-state index contributed by atoms with van der Waals surface area (Å²) in [6.45, 7) is 1.10. The van der Waals surface area contributed by atoms with Gasteiger partial charge in [-0.1, -0.05) is 11.6 Å². The lowest BCUT2D eigenvalue weighted by atomic mass is 10.1. The largest absolute Gasteiger partial charge is 0.345 e.